The SMILES string of the molecule is C[C@H]1O[C@@H](O[C@@H]2[C@@H](O)[C@H](N)C[C@H](N)[C@H]2O[C@H]2O[C@H](CN)CC[C@H]2N)[C@H](O)[C@@H](O)[C@@H]1O. The Bertz CT molecular complexity index is 562. The quantitative estimate of drug-likeness (QED) is 0.205. The first-order valence-corrected chi connectivity index (χ1v) is 10.4. The minimum absolute atomic E-state index is 0.206. The molecular formula is C18H36N4O8. The molecule has 0 unspecified atom stereocenters. The second kappa shape index (κ2) is 9.98. The van der Waals surface area contributed by atoms with Gasteiger partial charge in [-0.15, -0.1) is 0 Å². The summed E-state index contributed by atoms with van der Waals surface area (Å²) in [6.45, 7) is 1.84. The fraction of sp³-hybridized carbons (Fsp3) is 1.00. The second-order valence-electron chi connectivity index (χ2n) is 8.54. The predicted octanol–water partition coefficient (Wildman–Crippen LogP) is -4.21. The average molecular weight is 437 g/mol. The molecule has 12 nitrogen and oxygen atoms in total. The van der Waals surface area contributed by atoms with E-state index < -0.39 is 73.4 Å². The summed E-state index contributed by atoms with van der Waals surface area (Å²) in [5.41, 5.74) is 24.1. The van der Waals surface area contributed by atoms with Crippen LogP contribution in [-0.2, 0) is 18.9 Å². The molecule has 13 atom stereocenters. The molecule has 3 rings (SSSR count). The van der Waals surface area contributed by atoms with E-state index in [2.05, 4.69) is 0 Å². The van der Waals surface area contributed by atoms with E-state index in [9.17, 15) is 20.4 Å². The van der Waals surface area contributed by atoms with Crippen LogP contribution in [0.2, 0.25) is 0 Å². The van der Waals surface area contributed by atoms with Gasteiger partial charge in [0.05, 0.1) is 24.4 Å². The molecule has 0 amide bonds. The van der Waals surface area contributed by atoms with Gasteiger partial charge in [0.15, 0.2) is 12.6 Å². The lowest BCUT2D eigenvalue weighted by atomic mass is 9.84. The first-order valence-electron chi connectivity index (χ1n) is 10.4. The lowest BCUT2D eigenvalue weighted by molar-refractivity contribution is -0.333. The van der Waals surface area contributed by atoms with Gasteiger partial charge < -0.3 is 62.3 Å². The highest BCUT2D eigenvalue weighted by Crippen LogP contribution is 2.31. The van der Waals surface area contributed by atoms with Crippen LogP contribution < -0.4 is 22.9 Å². The van der Waals surface area contributed by atoms with Crippen molar-refractivity contribution >= 4 is 0 Å². The molecule has 12 N–H and O–H groups in total. The number of rotatable bonds is 5. The Kier molecular flexibility index (Phi) is 8.04. The normalized spacial score (nSPS) is 52.9. The van der Waals surface area contributed by atoms with E-state index in [1.807, 2.05) is 0 Å². The van der Waals surface area contributed by atoms with Crippen molar-refractivity contribution < 1.29 is 39.4 Å². The molecule has 0 aromatic heterocycles. The summed E-state index contributed by atoms with van der Waals surface area (Å²) in [6.07, 6.45) is -9.00. The van der Waals surface area contributed by atoms with Crippen molar-refractivity contribution in [2.75, 3.05) is 6.54 Å². The lowest BCUT2D eigenvalue weighted by Gasteiger charge is -2.47. The van der Waals surface area contributed by atoms with Gasteiger partial charge in [-0.25, -0.2) is 0 Å². The standard InChI is InChI=1S/C18H36N4O8/c1-6-11(23)13(25)14(26)18(27-6)30-16-12(24)9(21)4-10(22)15(16)29-17-8(20)3-2-7(5-19)28-17/h6-18,23-26H,2-5,19-22H2,1H3/t6-,7+,8-,9-,10+,11-,12+,13+,14-,15-,16-,17-,18+/m1/s1. The van der Waals surface area contributed by atoms with E-state index in [1.54, 1.807) is 0 Å². The molecule has 1 saturated carbocycles. The van der Waals surface area contributed by atoms with E-state index in [-0.39, 0.29) is 12.5 Å². The predicted molar refractivity (Wildman–Crippen MR) is 104 cm³/mol. The van der Waals surface area contributed by atoms with Gasteiger partial charge in [0.1, 0.15) is 30.5 Å². The van der Waals surface area contributed by atoms with Crippen molar-refractivity contribution in [1.29, 1.82) is 0 Å². The molecule has 0 radical (unpaired) electrons. The smallest absolute Gasteiger partial charge is 0.187 e. The van der Waals surface area contributed by atoms with Crippen molar-refractivity contribution in [1.82, 2.24) is 0 Å². The number of aliphatic hydroxyl groups is 4. The van der Waals surface area contributed by atoms with Crippen LogP contribution in [0.5, 0.6) is 0 Å². The molecule has 30 heavy (non-hydrogen) atoms. The third kappa shape index (κ3) is 4.95. The number of hydrogen-bond donors (Lipinski definition) is 8. The highest BCUT2D eigenvalue weighted by atomic mass is 16.7. The van der Waals surface area contributed by atoms with E-state index in [4.69, 9.17) is 41.9 Å². The molecule has 3 aliphatic rings. The van der Waals surface area contributed by atoms with Crippen LogP contribution in [0, 0.1) is 0 Å². The molecule has 0 bridgehead atoms. The molecular weight excluding hydrogens is 400 g/mol. The van der Waals surface area contributed by atoms with E-state index in [1.165, 1.54) is 6.92 Å². The second-order valence-corrected chi connectivity index (χ2v) is 8.54. The molecule has 0 aromatic carbocycles. The summed E-state index contributed by atoms with van der Waals surface area (Å²) >= 11 is 0. The lowest BCUT2D eigenvalue weighted by Crippen LogP contribution is -2.67. The molecule has 2 heterocycles. The highest BCUT2D eigenvalue weighted by molar-refractivity contribution is 5.00. The Morgan fingerprint density at radius 2 is 1.43 bits per heavy atom. The number of ether oxygens (including phenoxy) is 4. The highest BCUT2D eigenvalue weighted by Gasteiger charge is 2.50. The number of aliphatic hydroxyl groups excluding tert-OH is 4. The zero-order chi connectivity index (χ0) is 22.2. The van der Waals surface area contributed by atoms with Crippen LogP contribution in [0.4, 0.5) is 0 Å². The summed E-state index contributed by atoms with van der Waals surface area (Å²) in [4.78, 5) is 0. The van der Waals surface area contributed by atoms with Crippen LogP contribution in [0.25, 0.3) is 0 Å². The number of hydrogen-bond acceptors (Lipinski definition) is 12. The Hall–Kier alpha value is -0.480. The third-order valence-electron chi connectivity index (χ3n) is 6.22. The van der Waals surface area contributed by atoms with E-state index in [0.29, 0.717) is 19.4 Å². The van der Waals surface area contributed by atoms with Gasteiger partial charge in [0.25, 0.3) is 0 Å². The van der Waals surface area contributed by atoms with Gasteiger partial charge in [0.2, 0.25) is 0 Å². The summed E-state index contributed by atoms with van der Waals surface area (Å²) in [7, 11) is 0. The minimum Gasteiger partial charge on any atom is -0.389 e. The molecule has 2 saturated heterocycles. The van der Waals surface area contributed by atoms with Gasteiger partial charge in [0, 0.05) is 18.6 Å². The zero-order valence-electron chi connectivity index (χ0n) is 17.1. The molecule has 2 aliphatic heterocycles. The first kappa shape index (κ1) is 24.2. The van der Waals surface area contributed by atoms with Crippen molar-refractivity contribution in [2.45, 2.75) is 106 Å². The van der Waals surface area contributed by atoms with Crippen molar-refractivity contribution in [3.63, 3.8) is 0 Å². The molecule has 176 valence electrons. The summed E-state index contributed by atoms with van der Waals surface area (Å²) < 4.78 is 23.2. The monoisotopic (exact) mass is 436 g/mol. The largest absolute Gasteiger partial charge is 0.389 e. The summed E-state index contributed by atoms with van der Waals surface area (Å²) in [5, 5.41) is 40.9. The topological polar surface area (TPSA) is 222 Å². The van der Waals surface area contributed by atoms with Gasteiger partial charge in [-0.2, -0.15) is 0 Å². The molecule has 1 aliphatic carbocycles. The van der Waals surface area contributed by atoms with Gasteiger partial charge >= 0.3 is 0 Å². The van der Waals surface area contributed by atoms with Crippen LogP contribution in [0.15, 0.2) is 0 Å². The average Bonchev–Trinajstić information content (AvgIpc) is 2.72. The third-order valence-corrected chi connectivity index (χ3v) is 6.22. The van der Waals surface area contributed by atoms with Crippen molar-refractivity contribution in [3.8, 4) is 0 Å². The maximum absolute atomic E-state index is 10.7. The molecule has 0 spiro atoms. The van der Waals surface area contributed by atoms with Gasteiger partial charge in [-0.3, -0.25) is 0 Å². The van der Waals surface area contributed by atoms with Crippen molar-refractivity contribution in [3.05, 3.63) is 0 Å². The fourth-order valence-corrected chi connectivity index (χ4v) is 4.22. The van der Waals surface area contributed by atoms with E-state index >= 15 is 0 Å². The van der Waals surface area contributed by atoms with Crippen LogP contribution in [0.3, 0.4) is 0 Å². The Morgan fingerprint density at radius 3 is 2.10 bits per heavy atom. The van der Waals surface area contributed by atoms with Gasteiger partial charge in [-0.1, -0.05) is 0 Å². The summed E-state index contributed by atoms with van der Waals surface area (Å²) in [6, 6.07) is -1.73. The minimum atomic E-state index is -1.55. The molecule has 3 fully saturated rings. The maximum atomic E-state index is 10.7. The molecule has 12 heteroatoms. The van der Waals surface area contributed by atoms with Crippen LogP contribution in [0.1, 0.15) is 26.2 Å². The Balaban J connectivity index is 1.76. The Morgan fingerprint density at radius 1 is 0.767 bits per heavy atom. The molecule has 0 aromatic rings. The Labute approximate surface area is 175 Å². The van der Waals surface area contributed by atoms with Crippen LogP contribution in [-0.4, -0.2) is 107 Å². The zero-order valence-corrected chi connectivity index (χ0v) is 17.1. The van der Waals surface area contributed by atoms with Crippen LogP contribution >= 0.6 is 0 Å². The first-order chi connectivity index (χ1) is 14.1. The van der Waals surface area contributed by atoms with E-state index in [0.717, 1.165) is 0 Å². The maximum Gasteiger partial charge on any atom is 0.187 e. The number of nitrogens with two attached hydrogens (primary N) is 4. The fourth-order valence-electron chi connectivity index (χ4n) is 4.22. The summed E-state index contributed by atoms with van der Waals surface area (Å²) in [5.74, 6) is 0. The van der Waals surface area contributed by atoms with Gasteiger partial charge in [-0.05, 0) is 26.2 Å². The van der Waals surface area contributed by atoms with Crippen molar-refractivity contribution in [2.24, 2.45) is 22.9 Å².